The number of benzene rings is 1. The summed E-state index contributed by atoms with van der Waals surface area (Å²) >= 11 is 0. The van der Waals surface area contributed by atoms with E-state index in [0.29, 0.717) is 0 Å². The molecule has 0 bridgehead atoms. The molecule has 1 amide bonds. The molecule has 2 aromatic rings. The van der Waals surface area contributed by atoms with Gasteiger partial charge >= 0.3 is 0 Å². The van der Waals surface area contributed by atoms with Crippen molar-refractivity contribution in [3.63, 3.8) is 0 Å². The highest BCUT2D eigenvalue weighted by atomic mass is 16.1. The van der Waals surface area contributed by atoms with Crippen LogP contribution in [0.25, 0.3) is 11.1 Å². The first-order valence-corrected chi connectivity index (χ1v) is 4.97. The molecule has 0 fully saturated rings. The van der Waals surface area contributed by atoms with E-state index in [1.807, 2.05) is 36.4 Å². The molecule has 1 radical (unpaired) electrons. The van der Waals surface area contributed by atoms with Gasteiger partial charge in [0.2, 0.25) is 5.91 Å². The Kier molecular flexibility index (Phi) is 2.96. The molecule has 0 aliphatic rings. The van der Waals surface area contributed by atoms with Crippen molar-refractivity contribution in [1.29, 1.82) is 0 Å². The maximum Gasteiger partial charge on any atom is 0.221 e. The summed E-state index contributed by atoms with van der Waals surface area (Å²) in [5.74, 6) is -0.0867. The van der Waals surface area contributed by atoms with Crippen LogP contribution in [-0.2, 0) is 4.79 Å². The highest BCUT2D eigenvalue weighted by Crippen LogP contribution is 2.26. The molecule has 3 nitrogen and oxygen atoms in total. The maximum atomic E-state index is 11.1. The lowest BCUT2D eigenvalue weighted by molar-refractivity contribution is -0.114. The maximum absolute atomic E-state index is 11.1. The number of rotatable bonds is 2. The quantitative estimate of drug-likeness (QED) is 0.829. The molecule has 1 N–H and O–H groups in total. The van der Waals surface area contributed by atoms with Gasteiger partial charge in [-0.25, -0.2) is 0 Å². The minimum Gasteiger partial charge on any atom is -0.326 e. The monoisotopic (exact) mass is 211 g/mol. The molecule has 0 unspecified atom stereocenters. The summed E-state index contributed by atoms with van der Waals surface area (Å²) in [4.78, 5) is 15.0. The Balaban J connectivity index is 2.44. The summed E-state index contributed by atoms with van der Waals surface area (Å²) in [6.07, 6.45) is 4.57. The van der Waals surface area contributed by atoms with Crippen molar-refractivity contribution in [3.8, 4) is 11.1 Å². The zero-order valence-corrected chi connectivity index (χ0v) is 8.90. The van der Waals surface area contributed by atoms with Crippen LogP contribution in [0.2, 0.25) is 0 Å². The van der Waals surface area contributed by atoms with E-state index in [1.54, 1.807) is 6.20 Å². The van der Waals surface area contributed by atoms with E-state index >= 15 is 0 Å². The number of hydrogen-bond donors (Lipinski definition) is 1. The molecule has 0 saturated heterocycles. The van der Waals surface area contributed by atoms with Crippen molar-refractivity contribution in [2.45, 2.75) is 6.92 Å². The average molecular weight is 211 g/mol. The van der Waals surface area contributed by atoms with Crippen LogP contribution in [0.5, 0.6) is 0 Å². The Morgan fingerprint density at radius 2 is 2.06 bits per heavy atom. The van der Waals surface area contributed by atoms with E-state index in [-0.39, 0.29) is 5.91 Å². The molecule has 1 aromatic heterocycles. The first-order valence-electron chi connectivity index (χ1n) is 4.97. The van der Waals surface area contributed by atoms with Gasteiger partial charge in [-0.3, -0.25) is 9.78 Å². The van der Waals surface area contributed by atoms with Crippen molar-refractivity contribution >= 4 is 11.6 Å². The number of anilines is 1. The molecule has 79 valence electrons. The molecular weight excluding hydrogens is 200 g/mol. The standard InChI is InChI=1S/C13H11N2O/c1-10(16)15-13-7-3-2-6-12(13)11-5-4-8-14-9-11/h2-8H,1H3,(H,15,16). The van der Waals surface area contributed by atoms with Crippen LogP contribution in [-0.4, -0.2) is 10.9 Å². The molecule has 1 aromatic carbocycles. The number of aromatic nitrogens is 1. The number of para-hydroxylation sites is 1. The van der Waals surface area contributed by atoms with Gasteiger partial charge in [-0.1, -0.05) is 24.3 Å². The zero-order chi connectivity index (χ0) is 11.4. The van der Waals surface area contributed by atoms with E-state index in [4.69, 9.17) is 0 Å². The smallest absolute Gasteiger partial charge is 0.221 e. The first kappa shape index (κ1) is 10.4. The lowest BCUT2D eigenvalue weighted by Gasteiger charge is -2.08. The minimum atomic E-state index is -0.0867. The number of pyridine rings is 1. The van der Waals surface area contributed by atoms with Crippen LogP contribution >= 0.6 is 0 Å². The minimum absolute atomic E-state index is 0.0867. The lowest BCUT2D eigenvalue weighted by atomic mass is 10.1. The van der Waals surface area contributed by atoms with Crippen LogP contribution in [0.15, 0.2) is 42.6 Å². The van der Waals surface area contributed by atoms with Crippen molar-refractivity contribution in [2.24, 2.45) is 0 Å². The second-order valence-electron chi connectivity index (χ2n) is 3.39. The second kappa shape index (κ2) is 4.57. The molecule has 16 heavy (non-hydrogen) atoms. The average Bonchev–Trinajstić information content (AvgIpc) is 2.30. The molecule has 0 atom stereocenters. The third-order valence-corrected chi connectivity index (χ3v) is 2.14. The third kappa shape index (κ3) is 2.25. The van der Waals surface area contributed by atoms with Gasteiger partial charge in [0.15, 0.2) is 0 Å². The highest BCUT2D eigenvalue weighted by Gasteiger charge is 2.05. The van der Waals surface area contributed by atoms with Gasteiger partial charge in [0, 0.05) is 29.9 Å². The topological polar surface area (TPSA) is 42.0 Å². The first-order chi connectivity index (χ1) is 7.77. The van der Waals surface area contributed by atoms with Crippen molar-refractivity contribution in [1.82, 2.24) is 4.98 Å². The molecule has 1 heterocycles. The Bertz CT molecular complexity index is 494. The fraction of sp³-hybridized carbons (Fsp3) is 0.0769. The number of carbonyl (C=O) groups excluding carboxylic acids is 1. The highest BCUT2D eigenvalue weighted by molar-refractivity contribution is 5.93. The van der Waals surface area contributed by atoms with Gasteiger partial charge < -0.3 is 5.32 Å². The van der Waals surface area contributed by atoms with Crippen molar-refractivity contribution < 1.29 is 4.79 Å². The number of nitrogens with zero attached hydrogens (tertiary/aromatic N) is 1. The fourth-order valence-corrected chi connectivity index (χ4v) is 1.49. The van der Waals surface area contributed by atoms with Gasteiger partial charge in [0.25, 0.3) is 0 Å². The molecule has 0 aliphatic carbocycles. The second-order valence-corrected chi connectivity index (χ2v) is 3.39. The predicted octanol–water partition coefficient (Wildman–Crippen LogP) is 2.51. The van der Waals surface area contributed by atoms with Crippen LogP contribution in [0.1, 0.15) is 6.92 Å². The molecular formula is C13H11N2O. The van der Waals surface area contributed by atoms with Crippen molar-refractivity contribution in [2.75, 3.05) is 5.32 Å². The molecule has 3 heteroatoms. The number of carbonyl (C=O) groups is 1. The van der Waals surface area contributed by atoms with Gasteiger partial charge in [-0.15, -0.1) is 0 Å². The molecule has 2 rings (SSSR count). The Morgan fingerprint density at radius 1 is 1.25 bits per heavy atom. The zero-order valence-electron chi connectivity index (χ0n) is 8.90. The number of hydrogen-bond acceptors (Lipinski definition) is 2. The fourth-order valence-electron chi connectivity index (χ4n) is 1.49. The van der Waals surface area contributed by atoms with Crippen LogP contribution < -0.4 is 5.32 Å². The van der Waals surface area contributed by atoms with E-state index in [0.717, 1.165) is 16.8 Å². The third-order valence-electron chi connectivity index (χ3n) is 2.14. The summed E-state index contributed by atoms with van der Waals surface area (Å²) in [6, 6.07) is 11.3. The summed E-state index contributed by atoms with van der Waals surface area (Å²) in [5.41, 5.74) is 2.57. The van der Waals surface area contributed by atoms with Crippen LogP contribution in [0.4, 0.5) is 5.69 Å². The summed E-state index contributed by atoms with van der Waals surface area (Å²) in [7, 11) is 0. The Labute approximate surface area is 94.1 Å². The van der Waals surface area contributed by atoms with E-state index in [9.17, 15) is 4.79 Å². The summed E-state index contributed by atoms with van der Waals surface area (Å²) in [6.45, 7) is 1.49. The number of nitrogens with one attached hydrogen (secondary N) is 1. The molecule has 0 spiro atoms. The van der Waals surface area contributed by atoms with Crippen LogP contribution in [0.3, 0.4) is 0 Å². The normalized spacial score (nSPS) is 9.81. The van der Waals surface area contributed by atoms with E-state index in [2.05, 4.69) is 16.5 Å². The van der Waals surface area contributed by atoms with Gasteiger partial charge in [0.05, 0.1) is 6.20 Å². The predicted molar refractivity (Wildman–Crippen MR) is 62.8 cm³/mol. The van der Waals surface area contributed by atoms with E-state index < -0.39 is 0 Å². The van der Waals surface area contributed by atoms with Crippen molar-refractivity contribution in [3.05, 3.63) is 48.8 Å². The van der Waals surface area contributed by atoms with Gasteiger partial charge in [-0.2, -0.15) is 0 Å². The summed E-state index contributed by atoms with van der Waals surface area (Å²) in [5, 5.41) is 2.79. The Morgan fingerprint density at radius 3 is 2.75 bits per heavy atom. The largest absolute Gasteiger partial charge is 0.326 e. The van der Waals surface area contributed by atoms with E-state index in [1.165, 1.54) is 6.92 Å². The molecule has 0 saturated carbocycles. The van der Waals surface area contributed by atoms with Crippen LogP contribution in [0, 0.1) is 6.20 Å². The lowest BCUT2D eigenvalue weighted by Crippen LogP contribution is -2.06. The number of amides is 1. The summed E-state index contributed by atoms with van der Waals surface area (Å²) < 4.78 is 0. The Hall–Kier alpha value is -2.16. The van der Waals surface area contributed by atoms with Gasteiger partial charge in [-0.05, 0) is 12.1 Å². The molecule has 0 aliphatic heterocycles. The van der Waals surface area contributed by atoms with Gasteiger partial charge in [0.1, 0.15) is 0 Å². The SMILES string of the molecule is CC(=O)Nc1ccccc1-c1[c]nccc1.